The van der Waals surface area contributed by atoms with Crippen LogP contribution in [0.4, 0.5) is 18.9 Å². The first-order chi connectivity index (χ1) is 16.2. The van der Waals surface area contributed by atoms with Gasteiger partial charge in [0.05, 0.1) is 12.1 Å². The predicted molar refractivity (Wildman–Crippen MR) is 122 cm³/mol. The highest BCUT2D eigenvalue weighted by Gasteiger charge is 2.42. The number of halogens is 3. The summed E-state index contributed by atoms with van der Waals surface area (Å²) in [5.74, 6) is -2.13. The Hall–Kier alpha value is -3.36. The Kier molecular flexibility index (Phi) is 6.90. The van der Waals surface area contributed by atoms with Crippen LogP contribution >= 0.6 is 0 Å². The zero-order chi connectivity index (χ0) is 24.3. The fourth-order valence-electron chi connectivity index (χ4n) is 4.51. The van der Waals surface area contributed by atoms with Crippen LogP contribution in [0, 0.1) is 18.8 Å². The molecule has 3 aromatic rings. The lowest BCUT2D eigenvalue weighted by molar-refractivity contribution is -0.186. The van der Waals surface area contributed by atoms with E-state index in [1.807, 2.05) is 37.3 Å². The standard InChI is InChI=1S/C25H27F3N4O2/c1-16-8-9-18(14-30-23(33)13-17-5-4-6-19(11-17)25(26,27)28)12-20(16)31-24(34)21-15-29-22-7-2-3-10-32(21)22/h2-3,7-10,12,15,17,19H,4-6,11,13-14H2,1H3,(H,30,33)(H,31,34). The molecule has 2 unspecified atom stereocenters. The summed E-state index contributed by atoms with van der Waals surface area (Å²) in [5, 5.41) is 5.70. The van der Waals surface area contributed by atoms with E-state index in [4.69, 9.17) is 0 Å². The van der Waals surface area contributed by atoms with Crippen LogP contribution in [0.25, 0.3) is 5.65 Å². The average molecular weight is 473 g/mol. The van der Waals surface area contributed by atoms with Crippen LogP contribution < -0.4 is 10.6 Å². The summed E-state index contributed by atoms with van der Waals surface area (Å²) in [5.41, 5.74) is 3.32. The van der Waals surface area contributed by atoms with Crippen molar-refractivity contribution in [1.82, 2.24) is 14.7 Å². The fourth-order valence-corrected chi connectivity index (χ4v) is 4.51. The number of rotatable bonds is 6. The zero-order valence-corrected chi connectivity index (χ0v) is 18.9. The lowest BCUT2D eigenvalue weighted by Gasteiger charge is -2.30. The van der Waals surface area contributed by atoms with Gasteiger partial charge in [0.2, 0.25) is 5.91 Å². The van der Waals surface area contributed by atoms with Crippen LogP contribution in [0.2, 0.25) is 0 Å². The van der Waals surface area contributed by atoms with Crippen LogP contribution in [0.15, 0.2) is 48.8 Å². The van der Waals surface area contributed by atoms with Crippen LogP contribution in [0.5, 0.6) is 0 Å². The number of imidazole rings is 1. The Morgan fingerprint density at radius 2 is 2.00 bits per heavy atom. The lowest BCUT2D eigenvalue weighted by atomic mass is 9.79. The number of nitrogens with zero attached hydrogens (tertiary/aromatic N) is 2. The van der Waals surface area contributed by atoms with Gasteiger partial charge in [-0.2, -0.15) is 13.2 Å². The van der Waals surface area contributed by atoms with Crippen molar-refractivity contribution < 1.29 is 22.8 Å². The Morgan fingerprint density at radius 3 is 2.79 bits per heavy atom. The van der Waals surface area contributed by atoms with E-state index in [1.165, 1.54) is 6.20 Å². The number of amides is 2. The maximum absolute atomic E-state index is 13.0. The van der Waals surface area contributed by atoms with Crippen molar-refractivity contribution >= 4 is 23.1 Å². The van der Waals surface area contributed by atoms with E-state index in [0.717, 1.165) is 11.1 Å². The number of pyridine rings is 1. The first-order valence-electron chi connectivity index (χ1n) is 11.4. The number of carbonyl (C=O) groups is 2. The van der Waals surface area contributed by atoms with Gasteiger partial charge < -0.3 is 10.6 Å². The summed E-state index contributed by atoms with van der Waals surface area (Å²) >= 11 is 0. The quantitative estimate of drug-likeness (QED) is 0.513. The lowest BCUT2D eigenvalue weighted by Crippen LogP contribution is -2.32. The van der Waals surface area contributed by atoms with E-state index in [2.05, 4.69) is 15.6 Å². The third kappa shape index (κ3) is 5.58. The van der Waals surface area contributed by atoms with E-state index in [9.17, 15) is 22.8 Å². The molecule has 2 N–H and O–H groups in total. The van der Waals surface area contributed by atoms with Gasteiger partial charge in [-0.3, -0.25) is 14.0 Å². The van der Waals surface area contributed by atoms with E-state index in [0.29, 0.717) is 29.9 Å². The molecule has 0 bridgehead atoms. The van der Waals surface area contributed by atoms with Gasteiger partial charge in [-0.15, -0.1) is 0 Å². The summed E-state index contributed by atoms with van der Waals surface area (Å²) in [6, 6.07) is 10.9. The minimum absolute atomic E-state index is 0.0148. The highest BCUT2D eigenvalue weighted by atomic mass is 19.4. The number of benzene rings is 1. The molecule has 2 amide bonds. The average Bonchev–Trinajstić information content (AvgIpc) is 3.23. The number of alkyl halides is 3. The van der Waals surface area contributed by atoms with Crippen molar-refractivity contribution in [2.24, 2.45) is 11.8 Å². The second-order valence-electron chi connectivity index (χ2n) is 8.93. The van der Waals surface area contributed by atoms with Gasteiger partial charge in [0, 0.05) is 24.8 Å². The number of anilines is 1. The molecule has 2 aromatic heterocycles. The Bertz CT molecular complexity index is 1190. The van der Waals surface area contributed by atoms with Gasteiger partial charge in [0.1, 0.15) is 11.3 Å². The van der Waals surface area contributed by atoms with E-state index in [-0.39, 0.29) is 43.5 Å². The number of aryl methyl sites for hydroxylation is 1. The van der Waals surface area contributed by atoms with Gasteiger partial charge in [-0.25, -0.2) is 4.98 Å². The topological polar surface area (TPSA) is 75.5 Å². The third-order valence-corrected chi connectivity index (χ3v) is 6.41. The van der Waals surface area contributed by atoms with E-state index < -0.39 is 12.1 Å². The molecule has 9 heteroatoms. The minimum Gasteiger partial charge on any atom is -0.352 e. The van der Waals surface area contributed by atoms with Gasteiger partial charge >= 0.3 is 6.18 Å². The largest absolute Gasteiger partial charge is 0.391 e. The maximum atomic E-state index is 13.0. The van der Waals surface area contributed by atoms with Crippen LogP contribution in [-0.2, 0) is 11.3 Å². The van der Waals surface area contributed by atoms with Crippen molar-refractivity contribution in [2.45, 2.75) is 51.7 Å². The Labute approximate surface area is 195 Å². The smallest absolute Gasteiger partial charge is 0.352 e. The van der Waals surface area contributed by atoms with Gasteiger partial charge in [0.15, 0.2) is 0 Å². The molecule has 1 saturated carbocycles. The molecule has 2 atom stereocenters. The minimum atomic E-state index is -4.19. The molecule has 0 spiro atoms. The maximum Gasteiger partial charge on any atom is 0.391 e. The molecule has 4 rings (SSSR count). The number of hydrogen-bond acceptors (Lipinski definition) is 3. The monoisotopic (exact) mass is 472 g/mol. The molecular weight excluding hydrogens is 445 g/mol. The molecule has 1 fully saturated rings. The molecule has 1 aliphatic carbocycles. The Morgan fingerprint density at radius 1 is 1.18 bits per heavy atom. The van der Waals surface area contributed by atoms with E-state index >= 15 is 0 Å². The van der Waals surface area contributed by atoms with Crippen molar-refractivity contribution in [3.8, 4) is 0 Å². The molecule has 2 heterocycles. The number of nitrogens with one attached hydrogen (secondary N) is 2. The molecule has 6 nitrogen and oxygen atoms in total. The van der Waals surface area contributed by atoms with Crippen LogP contribution in [-0.4, -0.2) is 27.4 Å². The van der Waals surface area contributed by atoms with Crippen LogP contribution in [0.1, 0.15) is 53.7 Å². The summed E-state index contributed by atoms with van der Waals surface area (Å²) in [6.45, 7) is 2.10. The molecule has 180 valence electrons. The summed E-state index contributed by atoms with van der Waals surface area (Å²) in [4.78, 5) is 29.4. The molecule has 0 aliphatic heterocycles. The molecule has 1 aromatic carbocycles. The van der Waals surface area contributed by atoms with Crippen molar-refractivity contribution in [3.63, 3.8) is 0 Å². The summed E-state index contributed by atoms with van der Waals surface area (Å²) in [6.07, 6.45) is 0.477. The fraction of sp³-hybridized carbons (Fsp3) is 0.400. The molecule has 0 radical (unpaired) electrons. The zero-order valence-electron chi connectivity index (χ0n) is 18.9. The number of aromatic nitrogens is 2. The first kappa shape index (κ1) is 23.8. The molecular formula is C25H27F3N4O2. The number of carbonyl (C=O) groups excluding carboxylic acids is 2. The predicted octanol–water partition coefficient (Wildman–Crippen LogP) is 5.27. The van der Waals surface area contributed by atoms with Crippen LogP contribution in [0.3, 0.4) is 0 Å². The SMILES string of the molecule is Cc1ccc(CNC(=O)CC2CCCC(C(F)(F)F)C2)cc1NC(=O)c1cnc2ccccn12. The summed E-state index contributed by atoms with van der Waals surface area (Å²) in [7, 11) is 0. The normalized spacial score (nSPS) is 18.6. The van der Waals surface area contributed by atoms with Crippen molar-refractivity contribution in [3.05, 3.63) is 65.6 Å². The van der Waals surface area contributed by atoms with Gasteiger partial charge in [-0.05, 0) is 61.4 Å². The molecule has 1 aliphatic rings. The van der Waals surface area contributed by atoms with Crippen molar-refractivity contribution in [2.75, 3.05) is 5.32 Å². The second kappa shape index (κ2) is 9.87. The number of fused-ring (bicyclic) bond motifs is 1. The van der Waals surface area contributed by atoms with Gasteiger partial charge in [0.25, 0.3) is 5.91 Å². The third-order valence-electron chi connectivity index (χ3n) is 6.41. The first-order valence-corrected chi connectivity index (χ1v) is 11.4. The Balaban J connectivity index is 1.35. The molecule has 34 heavy (non-hydrogen) atoms. The van der Waals surface area contributed by atoms with Gasteiger partial charge in [-0.1, -0.05) is 24.6 Å². The number of hydrogen-bond donors (Lipinski definition) is 2. The second-order valence-corrected chi connectivity index (χ2v) is 8.93. The van der Waals surface area contributed by atoms with Crippen molar-refractivity contribution in [1.29, 1.82) is 0 Å². The highest BCUT2D eigenvalue weighted by molar-refractivity contribution is 6.03. The summed E-state index contributed by atoms with van der Waals surface area (Å²) < 4.78 is 40.7. The highest BCUT2D eigenvalue weighted by Crippen LogP contribution is 2.40. The van der Waals surface area contributed by atoms with E-state index in [1.54, 1.807) is 16.7 Å². The molecule has 0 saturated heterocycles.